The van der Waals surface area contributed by atoms with Gasteiger partial charge in [-0.05, 0) is 48.9 Å². The fraction of sp³-hybridized carbons (Fsp3) is 0.167. The van der Waals surface area contributed by atoms with Gasteiger partial charge in [0.15, 0.2) is 15.6 Å². The van der Waals surface area contributed by atoms with Gasteiger partial charge in [0, 0.05) is 27.8 Å². The molecule has 0 spiro atoms. The zero-order valence-electron chi connectivity index (χ0n) is 13.2. The van der Waals surface area contributed by atoms with Crippen LogP contribution in [0.1, 0.15) is 28.6 Å². The van der Waals surface area contributed by atoms with Gasteiger partial charge < -0.3 is 4.42 Å². The van der Waals surface area contributed by atoms with Crippen molar-refractivity contribution < 1.29 is 17.6 Å². The van der Waals surface area contributed by atoms with E-state index in [-0.39, 0.29) is 16.4 Å². The van der Waals surface area contributed by atoms with Crippen molar-refractivity contribution in [3.63, 3.8) is 0 Å². The molecule has 0 aliphatic rings. The number of carbonyl (C=O) groups is 1. The molecule has 0 unspecified atom stereocenters. The van der Waals surface area contributed by atoms with Gasteiger partial charge in [-0.25, -0.2) is 8.42 Å². The number of hydrogen-bond acceptors (Lipinski definition) is 4. The molecule has 0 radical (unpaired) electrons. The largest absolute Gasteiger partial charge is 0.452 e. The monoisotopic (exact) mass is 362 g/mol. The number of sulfone groups is 1. The molecule has 124 valence electrons. The van der Waals surface area contributed by atoms with Crippen LogP contribution >= 0.6 is 11.6 Å². The number of furan rings is 1. The highest BCUT2D eigenvalue weighted by Gasteiger charge is 2.21. The fourth-order valence-electron chi connectivity index (χ4n) is 2.64. The van der Waals surface area contributed by atoms with Gasteiger partial charge in [0.05, 0.1) is 4.90 Å². The van der Waals surface area contributed by atoms with Crippen molar-refractivity contribution in [2.45, 2.75) is 18.2 Å². The molecule has 3 aromatic rings. The zero-order valence-corrected chi connectivity index (χ0v) is 14.7. The van der Waals surface area contributed by atoms with E-state index < -0.39 is 9.84 Å². The summed E-state index contributed by atoms with van der Waals surface area (Å²) in [4.78, 5) is 12.9. The topological polar surface area (TPSA) is 64.3 Å². The van der Waals surface area contributed by atoms with E-state index in [1.54, 1.807) is 18.2 Å². The molecule has 2 aromatic carbocycles. The predicted octanol–water partition coefficient (Wildman–Crippen LogP) is 4.28. The quantitative estimate of drug-likeness (QED) is 0.650. The van der Waals surface area contributed by atoms with Crippen LogP contribution < -0.4 is 0 Å². The number of benzene rings is 2. The third-order valence-electron chi connectivity index (χ3n) is 3.86. The molecule has 24 heavy (non-hydrogen) atoms. The summed E-state index contributed by atoms with van der Waals surface area (Å²) in [5.74, 6) is -0.0129. The summed E-state index contributed by atoms with van der Waals surface area (Å²) in [5, 5.41) is 1.40. The fourth-order valence-corrected chi connectivity index (χ4v) is 3.44. The Morgan fingerprint density at radius 3 is 2.38 bits per heavy atom. The molecule has 0 bridgehead atoms. The van der Waals surface area contributed by atoms with Gasteiger partial charge in [0.2, 0.25) is 5.78 Å². The van der Waals surface area contributed by atoms with E-state index in [0.717, 1.165) is 17.2 Å². The van der Waals surface area contributed by atoms with Crippen LogP contribution in [0.25, 0.3) is 11.0 Å². The summed E-state index contributed by atoms with van der Waals surface area (Å²) in [5.41, 5.74) is 1.78. The van der Waals surface area contributed by atoms with E-state index in [1.807, 2.05) is 6.92 Å². The Kier molecular flexibility index (Phi) is 4.24. The molecule has 0 saturated heterocycles. The van der Waals surface area contributed by atoms with Crippen LogP contribution in [0.3, 0.4) is 0 Å². The van der Waals surface area contributed by atoms with E-state index in [4.69, 9.17) is 16.0 Å². The van der Waals surface area contributed by atoms with Gasteiger partial charge in [-0.3, -0.25) is 4.79 Å². The zero-order chi connectivity index (χ0) is 17.5. The number of fused-ring (bicyclic) bond motifs is 1. The maximum atomic E-state index is 12.8. The second-order valence-electron chi connectivity index (χ2n) is 5.53. The highest BCUT2D eigenvalue weighted by atomic mass is 35.5. The lowest BCUT2D eigenvalue weighted by Gasteiger charge is -2.02. The molecule has 0 amide bonds. The minimum Gasteiger partial charge on any atom is -0.452 e. The molecule has 4 nitrogen and oxygen atoms in total. The highest BCUT2D eigenvalue weighted by Crippen LogP contribution is 2.30. The molecule has 0 aliphatic heterocycles. The average molecular weight is 363 g/mol. The lowest BCUT2D eigenvalue weighted by atomic mass is 10.0. The average Bonchev–Trinajstić information content (AvgIpc) is 2.91. The first kappa shape index (κ1) is 16.7. The van der Waals surface area contributed by atoms with Gasteiger partial charge in [-0.2, -0.15) is 0 Å². The van der Waals surface area contributed by atoms with E-state index in [1.165, 1.54) is 24.3 Å². The first-order valence-electron chi connectivity index (χ1n) is 7.37. The molecule has 0 fully saturated rings. The lowest BCUT2D eigenvalue weighted by molar-refractivity contribution is 0.101. The Labute approximate surface area is 145 Å². The first-order valence-corrected chi connectivity index (χ1v) is 9.64. The van der Waals surface area contributed by atoms with E-state index >= 15 is 0 Å². The highest BCUT2D eigenvalue weighted by molar-refractivity contribution is 7.90. The SMILES string of the molecule is CCc1c(C(=O)c2ccc(S(C)(=O)=O)cc2)oc2ccc(Cl)cc12. The van der Waals surface area contributed by atoms with Crippen molar-refractivity contribution in [3.8, 4) is 0 Å². The summed E-state index contributed by atoms with van der Waals surface area (Å²) < 4.78 is 28.8. The van der Waals surface area contributed by atoms with E-state index in [9.17, 15) is 13.2 Å². The van der Waals surface area contributed by atoms with Crippen LogP contribution in [-0.4, -0.2) is 20.5 Å². The van der Waals surface area contributed by atoms with Crippen molar-refractivity contribution in [2.24, 2.45) is 0 Å². The summed E-state index contributed by atoms with van der Waals surface area (Å²) in [6, 6.07) is 11.1. The Hall–Kier alpha value is -2.11. The molecular weight excluding hydrogens is 348 g/mol. The minimum atomic E-state index is -3.30. The molecule has 6 heteroatoms. The third-order valence-corrected chi connectivity index (χ3v) is 5.22. The van der Waals surface area contributed by atoms with Gasteiger partial charge in [-0.1, -0.05) is 18.5 Å². The Morgan fingerprint density at radius 1 is 1.12 bits per heavy atom. The van der Waals surface area contributed by atoms with Gasteiger partial charge in [0.25, 0.3) is 0 Å². The van der Waals surface area contributed by atoms with Crippen molar-refractivity contribution in [3.05, 3.63) is 64.4 Å². The second kappa shape index (κ2) is 6.07. The number of ketones is 1. The smallest absolute Gasteiger partial charge is 0.228 e. The number of rotatable bonds is 4. The third kappa shape index (κ3) is 2.97. The van der Waals surface area contributed by atoms with Crippen LogP contribution in [0, 0.1) is 0 Å². The molecule has 0 atom stereocenters. The van der Waals surface area contributed by atoms with Crippen LogP contribution in [0.2, 0.25) is 5.02 Å². The molecule has 0 N–H and O–H groups in total. The maximum Gasteiger partial charge on any atom is 0.228 e. The van der Waals surface area contributed by atoms with Crippen LogP contribution in [0.15, 0.2) is 51.8 Å². The van der Waals surface area contributed by atoms with Crippen molar-refractivity contribution in [1.29, 1.82) is 0 Å². The molecule has 1 aromatic heterocycles. The number of aryl methyl sites for hydroxylation is 1. The minimum absolute atomic E-state index is 0.172. The molecule has 0 saturated carbocycles. The van der Waals surface area contributed by atoms with Crippen molar-refractivity contribution in [2.75, 3.05) is 6.26 Å². The second-order valence-corrected chi connectivity index (χ2v) is 7.98. The molecule has 0 aliphatic carbocycles. The summed E-state index contributed by atoms with van der Waals surface area (Å²) in [6.07, 6.45) is 1.75. The van der Waals surface area contributed by atoms with Gasteiger partial charge >= 0.3 is 0 Å². The summed E-state index contributed by atoms with van der Waals surface area (Å²) in [6.45, 7) is 1.94. The molecule has 1 heterocycles. The van der Waals surface area contributed by atoms with Gasteiger partial charge in [-0.15, -0.1) is 0 Å². The molecule has 3 rings (SSSR count). The van der Waals surface area contributed by atoms with E-state index in [2.05, 4.69) is 0 Å². The van der Waals surface area contributed by atoms with Crippen molar-refractivity contribution >= 4 is 38.2 Å². The molecular formula is C18H15ClO4S. The van der Waals surface area contributed by atoms with Gasteiger partial charge in [0.1, 0.15) is 5.58 Å². The normalized spacial score (nSPS) is 11.8. The van der Waals surface area contributed by atoms with E-state index in [0.29, 0.717) is 22.6 Å². The van der Waals surface area contributed by atoms with Crippen LogP contribution in [0.5, 0.6) is 0 Å². The lowest BCUT2D eigenvalue weighted by Crippen LogP contribution is -2.04. The summed E-state index contributed by atoms with van der Waals surface area (Å²) >= 11 is 6.03. The van der Waals surface area contributed by atoms with Crippen LogP contribution in [0.4, 0.5) is 0 Å². The Bertz CT molecular complexity index is 1030. The predicted molar refractivity (Wildman–Crippen MR) is 93.6 cm³/mol. The standard InChI is InChI=1S/C18H15ClO4S/c1-3-14-15-10-12(19)6-9-16(15)23-18(14)17(20)11-4-7-13(8-5-11)24(2,21)22/h4-10H,3H2,1-2H3. The first-order chi connectivity index (χ1) is 11.3. The Morgan fingerprint density at radius 2 is 1.79 bits per heavy atom. The number of halogens is 1. The number of hydrogen-bond donors (Lipinski definition) is 0. The van der Waals surface area contributed by atoms with Crippen molar-refractivity contribution in [1.82, 2.24) is 0 Å². The maximum absolute atomic E-state index is 12.8. The van der Waals surface area contributed by atoms with Crippen LogP contribution in [-0.2, 0) is 16.3 Å². The Balaban J connectivity index is 2.08. The summed E-state index contributed by atoms with van der Waals surface area (Å²) in [7, 11) is -3.30. The number of carbonyl (C=O) groups excluding carboxylic acids is 1.